The van der Waals surface area contributed by atoms with Crippen molar-refractivity contribution < 1.29 is 13.4 Å². The van der Waals surface area contributed by atoms with Crippen molar-refractivity contribution in [2.24, 2.45) is 0 Å². The van der Waals surface area contributed by atoms with Gasteiger partial charge in [-0.05, 0) is 31.2 Å². The van der Waals surface area contributed by atoms with E-state index >= 15 is 0 Å². The number of urea groups is 1. The van der Waals surface area contributed by atoms with E-state index in [1.165, 1.54) is 0 Å². The zero-order valence-corrected chi connectivity index (χ0v) is 15.1. The molecule has 0 bridgehead atoms. The minimum absolute atomic E-state index is 0.156. The fourth-order valence-corrected chi connectivity index (χ4v) is 2.96. The van der Waals surface area contributed by atoms with Crippen LogP contribution in [0.5, 0.6) is 0 Å². The Labute approximate surface area is 144 Å². The van der Waals surface area contributed by atoms with E-state index in [9.17, 15) is 9.00 Å². The molecule has 0 fully saturated rings. The molecule has 0 unspecified atom stereocenters. The summed E-state index contributed by atoms with van der Waals surface area (Å²) in [5, 5.41) is 5.50. The minimum atomic E-state index is -0.944. The second-order valence-corrected chi connectivity index (χ2v) is 7.52. The molecule has 0 aliphatic heterocycles. The summed E-state index contributed by atoms with van der Waals surface area (Å²) in [6, 6.07) is 6.79. The number of carbonyl (C=O) groups excluding carboxylic acids is 1. The summed E-state index contributed by atoms with van der Waals surface area (Å²) in [5.41, 5.74) is 1.51. The van der Waals surface area contributed by atoms with Crippen LogP contribution in [0.1, 0.15) is 32.4 Å². The van der Waals surface area contributed by atoms with Crippen LogP contribution in [0.15, 0.2) is 34.9 Å². The molecule has 1 aromatic carbocycles. The van der Waals surface area contributed by atoms with Gasteiger partial charge >= 0.3 is 6.03 Å². The second kappa shape index (κ2) is 8.10. The predicted octanol–water partition coefficient (Wildman–Crippen LogP) is 3.35. The van der Waals surface area contributed by atoms with Gasteiger partial charge in [0, 0.05) is 46.0 Å². The third kappa shape index (κ3) is 5.19. The summed E-state index contributed by atoms with van der Waals surface area (Å²) in [6.45, 7) is 5.91. The lowest BCUT2D eigenvalue weighted by Crippen LogP contribution is -2.39. The summed E-state index contributed by atoms with van der Waals surface area (Å²) >= 11 is 0. The summed E-state index contributed by atoms with van der Waals surface area (Å²) in [7, 11) is -0.944. The number of hydrogen-bond acceptors (Lipinski definition) is 4. The van der Waals surface area contributed by atoms with Crippen LogP contribution < -0.4 is 10.6 Å². The standard InChI is InChI=1S/C17H23N3O3S/c1-11(2)15-9-18-16(23-15)13-5-7-14(8-6-13)20-17(21)19-12(3)10-24(4)22/h5-9,11-12H,10H2,1-4H3,(H2,19,20,21)/t12-,24+/m1/s1. The maximum absolute atomic E-state index is 11.9. The number of carbonyl (C=O) groups is 1. The molecule has 130 valence electrons. The summed E-state index contributed by atoms with van der Waals surface area (Å²) in [6.07, 6.45) is 3.35. The molecule has 24 heavy (non-hydrogen) atoms. The maximum atomic E-state index is 11.9. The van der Waals surface area contributed by atoms with Crippen molar-refractivity contribution in [1.29, 1.82) is 0 Å². The van der Waals surface area contributed by atoms with E-state index in [1.54, 1.807) is 24.6 Å². The largest absolute Gasteiger partial charge is 0.441 e. The van der Waals surface area contributed by atoms with E-state index in [0.29, 0.717) is 17.3 Å². The monoisotopic (exact) mass is 349 g/mol. The average Bonchev–Trinajstić information content (AvgIpc) is 2.96. The first kappa shape index (κ1) is 18.2. The number of aromatic nitrogens is 1. The first-order valence-electron chi connectivity index (χ1n) is 7.79. The van der Waals surface area contributed by atoms with Crippen LogP contribution in [0, 0.1) is 0 Å². The van der Waals surface area contributed by atoms with Gasteiger partial charge in [0.15, 0.2) is 0 Å². The van der Waals surface area contributed by atoms with Crippen LogP contribution in [0.4, 0.5) is 10.5 Å². The Bertz CT molecular complexity index is 710. The highest BCUT2D eigenvalue weighted by Crippen LogP contribution is 2.24. The lowest BCUT2D eigenvalue weighted by Gasteiger charge is -2.13. The quantitative estimate of drug-likeness (QED) is 0.837. The number of oxazole rings is 1. The normalized spacial score (nSPS) is 13.5. The number of nitrogens with zero attached hydrogens (tertiary/aromatic N) is 1. The molecule has 2 amide bonds. The zero-order valence-electron chi connectivity index (χ0n) is 14.3. The van der Waals surface area contributed by atoms with Gasteiger partial charge in [-0.3, -0.25) is 4.21 Å². The number of nitrogens with one attached hydrogen (secondary N) is 2. The SMILES string of the molecule is CC(C)c1cnc(-c2ccc(NC(=O)N[C@H](C)C[S@](C)=O)cc2)o1. The van der Waals surface area contributed by atoms with Crippen molar-refractivity contribution in [1.82, 2.24) is 10.3 Å². The Morgan fingerprint density at radius 3 is 2.46 bits per heavy atom. The average molecular weight is 349 g/mol. The highest BCUT2D eigenvalue weighted by atomic mass is 32.2. The van der Waals surface area contributed by atoms with Crippen molar-refractivity contribution in [2.75, 3.05) is 17.3 Å². The van der Waals surface area contributed by atoms with Gasteiger partial charge in [-0.25, -0.2) is 9.78 Å². The lowest BCUT2D eigenvalue weighted by atomic mass is 10.2. The number of benzene rings is 1. The van der Waals surface area contributed by atoms with Gasteiger partial charge in [0.2, 0.25) is 5.89 Å². The van der Waals surface area contributed by atoms with Crippen LogP contribution in [0.25, 0.3) is 11.5 Å². The van der Waals surface area contributed by atoms with E-state index in [0.717, 1.165) is 11.3 Å². The molecular formula is C17H23N3O3S. The molecule has 2 atom stereocenters. The molecule has 2 rings (SSSR count). The highest BCUT2D eigenvalue weighted by molar-refractivity contribution is 7.84. The molecule has 1 heterocycles. The van der Waals surface area contributed by atoms with Gasteiger partial charge in [0.25, 0.3) is 0 Å². The van der Waals surface area contributed by atoms with Crippen molar-refractivity contribution in [3.05, 3.63) is 36.2 Å². The van der Waals surface area contributed by atoms with Crippen molar-refractivity contribution in [3.63, 3.8) is 0 Å². The van der Waals surface area contributed by atoms with Gasteiger partial charge in [0.05, 0.1) is 6.20 Å². The molecule has 7 heteroatoms. The van der Waals surface area contributed by atoms with Gasteiger partial charge in [-0.1, -0.05) is 13.8 Å². The topological polar surface area (TPSA) is 84.2 Å². The van der Waals surface area contributed by atoms with Crippen molar-refractivity contribution in [2.45, 2.75) is 32.7 Å². The summed E-state index contributed by atoms with van der Waals surface area (Å²) < 4.78 is 16.8. The Kier molecular flexibility index (Phi) is 6.14. The minimum Gasteiger partial charge on any atom is -0.441 e. The summed E-state index contributed by atoms with van der Waals surface area (Å²) in [4.78, 5) is 16.2. The fourth-order valence-electron chi connectivity index (χ4n) is 2.17. The first-order chi connectivity index (χ1) is 11.3. The second-order valence-electron chi connectivity index (χ2n) is 6.04. The van der Waals surface area contributed by atoms with E-state index < -0.39 is 10.8 Å². The van der Waals surface area contributed by atoms with E-state index in [1.807, 2.05) is 32.9 Å². The number of rotatable bonds is 6. The Hall–Kier alpha value is -2.15. The van der Waals surface area contributed by atoms with Crippen LogP contribution in [-0.2, 0) is 10.8 Å². The van der Waals surface area contributed by atoms with Crippen LogP contribution >= 0.6 is 0 Å². The Balaban J connectivity index is 1.96. The number of amides is 2. The lowest BCUT2D eigenvalue weighted by molar-refractivity contribution is 0.250. The Morgan fingerprint density at radius 1 is 1.25 bits per heavy atom. The van der Waals surface area contributed by atoms with Crippen LogP contribution in [-0.4, -0.2) is 33.3 Å². The molecule has 2 aromatic rings. The third-order valence-electron chi connectivity index (χ3n) is 3.34. The van der Waals surface area contributed by atoms with Crippen LogP contribution in [0.2, 0.25) is 0 Å². The van der Waals surface area contributed by atoms with Gasteiger partial charge in [-0.15, -0.1) is 0 Å². The molecule has 0 aliphatic carbocycles. The van der Waals surface area contributed by atoms with E-state index in [-0.39, 0.29) is 18.0 Å². The Morgan fingerprint density at radius 2 is 1.92 bits per heavy atom. The van der Waals surface area contributed by atoms with Gasteiger partial charge in [0.1, 0.15) is 5.76 Å². The molecule has 0 spiro atoms. The molecule has 1 aromatic heterocycles. The molecule has 2 N–H and O–H groups in total. The van der Waals surface area contributed by atoms with Gasteiger partial charge in [-0.2, -0.15) is 0 Å². The number of anilines is 1. The molecule has 0 aliphatic rings. The van der Waals surface area contributed by atoms with Crippen molar-refractivity contribution >= 4 is 22.5 Å². The first-order valence-corrected chi connectivity index (χ1v) is 9.51. The summed E-state index contributed by atoms with van der Waals surface area (Å²) in [5.74, 6) is 2.12. The smallest absolute Gasteiger partial charge is 0.319 e. The van der Waals surface area contributed by atoms with E-state index in [2.05, 4.69) is 15.6 Å². The van der Waals surface area contributed by atoms with E-state index in [4.69, 9.17) is 4.42 Å². The molecular weight excluding hydrogens is 326 g/mol. The fraction of sp³-hybridized carbons (Fsp3) is 0.412. The predicted molar refractivity (Wildman–Crippen MR) is 96.6 cm³/mol. The molecule has 6 nitrogen and oxygen atoms in total. The third-order valence-corrected chi connectivity index (χ3v) is 4.31. The van der Waals surface area contributed by atoms with Crippen molar-refractivity contribution in [3.8, 4) is 11.5 Å². The molecule has 0 saturated heterocycles. The molecule has 0 radical (unpaired) electrons. The number of hydrogen-bond donors (Lipinski definition) is 2. The zero-order chi connectivity index (χ0) is 17.7. The maximum Gasteiger partial charge on any atom is 0.319 e. The highest BCUT2D eigenvalue weighted by Gasteiger charge is 2.11. The van der Waals surface area contributed by atoms with Gasteiger partial charge < -0.3 is 15.1 Å². The molecule has 0 saturated carbocycles. The van der Waals surface area contributed by atoms with Crippen LogP contribution in [0.3, 0.4) is 0 Å².